The molecule has 0 aromatic heterocycles. The number of carbonyl (C=O) groups is 2. The molecule has 4 rings (SSSR count). The van der Waals surface area contributed by atoms with Gasteiger partial charge in [0, 0.05) is 30.9 Å². The van der Waals surface area contributed by atoms with Gasteiger partial charge >= 0.3 is 6.03 Å². The van der Waals surface area contributed by atoms with Gasteiger partial charge in [-0.2, -0.15) is 0 Å². The normalized spacial score (nSPS) is 12.9. The first-order valence-corrected chi connectivity index (χ1v) is 10.4. The number of carbonyl (C=O) groups excluding carboxylic acids is 2. The number of nitrogens with one attached hydrogen (secondary N) is 2. The van der Waals surface area contributed by atoms with E-state index in [9.17, 15) is 9.59 Å². The Kier molecular flexibility index (Phi) is 6.55. The lowest BCUT2D eigenvalue weighted by atomic mass is 10.1. The van der Waals surface area contributed by atoms with Crippen molar-refractivity contribution >= 4 is 17.6 Å². The van der Waals surface area contributed by atoms with E-state index in [4.69, 9.17) is 9.47 Å². The molecule has 1 aliphatic heterocycles. The molecule has 2 N–H and O–H groups in total. The summed E-state index contributed by atoms with van der Waals surface area (Å²) in [5.74, 6) is 1.03. The molecule has 0 saturated carbocycles. The summed E-state index contributed by atoms with van der Waals surface area (Å²) < 4.78 is 11.4. The SMILES string of the molecule is COc1cc(CNC(=O)c2cccc(N3CCNC3=O)c2)ccc1OCc1ccccc1. The molecule has 3 amide bonds. The average molecular weight is 431 g/mol. The van der Waals surface area contributed by atoms with Gasteiger partial charge in [0.05, 0.1) is 7.11 Å². The fourth-order valence-corrected chi connectivity index (χ4v) is 3.49. The molecular formula is C25H25N3O4. The first-order valence-electron chi connectivity index (χ1n) is 10.4. The Bertz CT molecular complexity index is 1100. The van der Waals surface area contributed by atoms with Gasteiger partial charge in [0.1, 0.15) is 6.61 Å². The number of methoxy groups -OCH3 is 1. The maximum atomic E-state index is 12.7. The second kappa shape index (κ2) is 9.87. The predicted octanol–water partition coefficient (Wildman–Crippen LogP) is 3.73. The first-order chi connectivity index (χ1) is 15.6. The van der Waals surface area contributed by atoms with E-state index in [1.165, 1.54) is 0 Å². The maximum absolute atomic E-state index is 12.7. The summed E-state index contributed by atoms with van der Waals surface area (Å²) in [4.78, 5) is 26.2. The summed E-state index contributed by atoms with van der Waals surface area (Å²) >= 11 is 0. The van der Waals surface area contributed by atoms with Crippen LogP contribution in [0, 0.1) is 0 Å². The van der Waals surface area contributed by atoms with Crippen LogP contribution in [-0.4, -0.2) is 32.1 Å². The van der Waals surface area contributed by atoms with Crippen molar-refractivity contribution in [2.45, 2.75) is 13.2 Å². The van der Waals surface area contributed by atoms with Gasteiger partial charge in [-0.1, -0.05) is 42.5 Å². The van der Waals surface area contributed by atoms with Crippen LogP contribution in [0.1, 0.15) is 21.5 Å². The average Bonchev–Trinajstić information content (AvgIpc) is 3.28. The molecule has 3 aromatic rings. The lowest BCUT2D eigenvalue weighted by molar-refractivity contribution is 0.0951. The Morgan fingerprint density at radius 2 is 1.84 bits per heavy atom. The third kappa shape index (κ3) is 5.00. The van der Waals surface area contributed by atoms with Crippen molar-refractivity contribution in [1.82, 2.24) is 10.6 Å². The summed E-state index contributed by atoms with van der Waals surface area (Å²) in [6, 6.07) is 22.4. The van der Waals surface area contributed by atoms with Crippen molar-refractivity contribution in [2.24, 2.45) is 0 Å². The second-order valence-electron chi connectivity index (χ2n) is 7.38. The van der Waals surface area contributed by atoms with E-state index in [0.29, 0.717) is 49.0 Å². The van der Waals surface area contributed by atoms with E-state index in [2.05, 4.69) is 10.6 Å². The lowest BCUT2D eigenvalue weighted by Crippen LogP contribution is -2.28. The molecule has 1 aliphatic rings. The van der Waals surface area contributed by atoms with Crippen LogP contribution in [0.4, 0.5) is 10.5 Å². The van der Waals surface area contributed by atoms with Crippen LogP contribution >= 0.6 is 0 Å². The number of hydrogen-bond acceptors (Lipinski definition) is 4. The number of rotatable bonds is 8. The Morgan fingerprint density at radius 3 is 2.59 bits per heavy atom. The lowest BCUT2D eigenvalue weighted by Gasteiger charge is -2.15. The number of hydrogen-bond donors (Lipinski definition) is 2. The van der Waals surface area contributed by atoms with E-state index < -0.39 is 0 Å². The van der Waals surface area contributed by atoms with Crippen molar-refractivity contribution in [1.29, 1.82) is 0 Å². The standard InChI is InChI=1S/C25H25N3O4/c1-31-23-14-19(10-11-22(23)32-17-18-6-3-2-4-7-18)16-27-24(29)20-8-5-9-21(15-20)28-13-12-26-25(28)30/h2-11,14-15H,12-13,16-17H2,1H3,(H,26,30)(H,27,29). The van der Waals surface area contributed by atoms with E-state index in [0.717, 1.165) is 11.1 Å². The third-order valence-electron chi connectivity index (χ3n) is 5.20. The molecular weight excluding hydrogens is 406 g/mol. The zero-order valence-corrected chi connectivity index (χ0v) is 17.8. The van der Waals surface area contributed by atoms with Crippen LogP contribution in [0.3, 0.4) is 0 Å². The minimum Gasteiger partial charge on any atom is -0.493 e. The molecule has 7 heteroatoms. The highest BCUT2D eigenvalue weighted by atomic mass is 16.5. The number of benzene rings is 3. The molecule has 1 saturated heterocycles. The summed E-state index contributed by atoms with van der Waals surface area (Å²) in [5, 5.41) is 5.68. The highest BCUT2D eigenvalue weighted by Crippen LogP contribution is 2.29. The zero-order valence-electron chi connectivity index (χ0n) is 17.8. The van der Waals surface area contributed by atoms with Crippen LogP contribution in [-0.2, 0) is 13.2 Å². The van der Waals surface area contributed by atoms with Crippen LogP contribution in [0.2, 0.25) is 0 Å². The minimum atomic E-state index is -0.213. The first kappa shape index (κ1) is 21.2. The summed E-state index contributed by atoms with van der Waals surface area (Å²) in [5.41, 5.74) is 3.16. The molecule has 0 bridgehead atoms. The Labute approximate surface area is 187 Å². The molecule has 3 aromatic carbocycles. The van der Waals surface area contributed by atoms with E-state index in [1.807, 2.05) is 54.6 Å². The van der Waals surface area contributed by atoms with Gasteiger partial charge in [0.15, 0.2) is 11.5 Å². The molecule has 164 valence electrons. The minimum absolute atomic E-state index is 0.149. The fourth-order valence-electron chi connectivity index (χ4n) is 3.49. The van der Waals surface area contributed by atoms with E-state index in [1.54, 1.807) is 30.2 Å². The number of amides is 3. The van der Waals surface area contributed by atoms with Crippen molar-refractivity contribution in [3.8, 4) is 11.5 Å². The van der Waals surface area contributed by atoms with Crippen LogP contribution in [0.25, 0.3) is 0 Å². The fraction of sp³-hybridized carbons (Fsp3) is 0.200. The van der Waals surface area contributed by atoms with Crippen molar-refractivity contribution in [3.63, 3.8) is 0 Å². The van der Waals surface area contributed by atoms with E-state index >= 15 is 0 Å². The second-order valence-corrected chi connectivity index (χ2v) is 7.38. The topological polar surface area (TPSA) is 79.9 Å². The van der Waals surface area contributed by atoms with Gasteiger partial charge in [-0.05, 0) is 41.5 Å². The van der Waals surface area contributed by atoms with Crippen LogP contribution in [0.15, 0.2) is 72.8 Å². The summed E-state index contributed by atoms with van der Waals surface area (Å²) in [7, 11) is 1.59. The van der Waals surface area contributed by atoms with Gasteiger partial charge in [0.2, 0.25) is 0 Å². The van der Waals surface area contributed by atoms with Crippen molar-refractivity contribution in [2.75, 3.05) is 25.1 Å². The quantitative estimate of drug-likeness (QED) is 0.570. The molecule has 32 heavy (non-hydrogen) atoms. The number of ether oxygens (including phenoxy) is 2. The predicted molar refractivity (Wildman–Crippen MR) is 122 cm³/mol. The van der Waals surface area contributed by atoms with Crippen LogP contribution in [0.5, 0.6) is 11.5 Å². The van der Waals surface area contributed by atoms with Crippen LogP contribution < -0.4 is 25.0 Å². The Balaban J connectivity index is 1.38. The molecule has 1 fully saturated rings. The molecule has 0 aliphatic carbocycles. The zero-order chi connectivity index (χ0) is 22.3. The number of nitrogens with zero attached hydrogens (tertiary/aromatic N) is 1. The summed E-state index contributed by atoms with van der Waals surface area (Å²) in [6.45, 7) is 1.96. The van der Waals surface area contributed by atoms with Gasteiger partial charge in [0.25, 0.3) is 5.91 Å². The highest BCUT2D eigenvalue weighted by molar-refractivity contribution is 5.98. The Morgan fingerprint density at radius 1 is 1.00 bits per heavy atom. The van der Waals surface area contributed by atoms with Crippen molar-refractivity contribution in [3.05, 3.63) is 89.5 Å². The van der Waals surface area contributed by atoms with Gasteiger partial charge < -0.3 is 20.1 Å². The van der Waals surface area contributed by atoms with Crippen molar-refractivity contribution < 1.29 is 19.1 Å². The monoisotopic (exact) mass is 431 g/mol. The summed E-state index contributed by atoms with van der Waals surface area (Å²) in [6.07, 6.45) is 0. The smallest absolute Gasteiger partial charge is 0.321 e. The van der Waals surface area contributed by atoms with E-state index in [-0.39, 0.29) is 11.9 Å². The molecule has 0 unspecified atom stereocenters. The largest absolute Gasteiger partial charge is 0.493 e. The molecule has 0 atom stereocenters. The molecule has 1 heterocycles. The molecule has 0 radical (unpaired) electrons. The molecule has 7 nitrogen and oxygen atoms in total. The highest BCUT2D eigenvalue weighted by Gasteiger charge is 2.21. The number of urea groups is 1. The maximum Gasteiger partial charge on any atom is 0.321 e. The molecule has 0 spiro atoms. The third-order valence-corrected chi connectivity index (χ3v) is 5.20. The van der Waals surface area contributed by atoms with Gasteiger partial charge in [-0.15, -0.1) is 0 Å². The Hall–Kier alpha value is -4.00. The van der Waals surface area contributed by atoms with Gasteiger partial charge in [-0.3, -0.25) is 9.69 Å². The number of anilines is 1. The van der Waals surface area contributed by atoms with Gasteiger partial charge in [-0.25, -0.2) is 4.79 Å².